The monoisotopic (exact) mass is 288 g/mol. The van der Waals surface area contributed by atoms with E-state index in [-0.39, 0.29) is 29.1 Å². The molecule has 0 amide bonds. The van der Waals surface area contributed by atoms with Crippen molar-refractivity contribution in [3.63, 3.8) is 0 Å². The number of rotatable bonds is 4. The van der Waals surface area contributed by atoms with Crippen LogP contribution in [0.2, 0.25) is 0 Å². The average Bonchev–Trinajstić information content (AvgIpc) is 3.17. The van der Waals surface area contributed by atoms with E-state index in [9.17, 15) is 4.79 Å². The van der Waals surface area contributed by atoms with Gasteiger partial charge in [-0.05, 0) is 40.9 Å². The first kappa shape index (κ1) is 16.1. The highest BCUT2D eigenvalue weighted by atomic mass is 16.5. The van der Waals surface area contributed by atoms with E-state index in [4.69, 9.17) is 4.74 Å². The van der Waals surface area contributed by atoms with E-state index < -0.39 is 0 Å². The van der Waals surface area contributed by atoms with E-state index in [0.717, 1.165) is 18.6 Å². The molecule has 0 aliphatic heterocycles. The van der Waals surface area contributed by atoms with Crippen LogP contribution in [0.25, 0.3) is 0 Å². The Morgan fingerprint density at radius 2 is 1.71 bits per heavy atom. The van der Waals surface area contributed by atoms with Gasteiger partial charge in [-0.15, -0.1) is 0 Å². The summed E-state index contributed by atoms with van der Waals surface area (Å²) in [6, 6.07) is 6.38. The first-order valence-electron chi connectivity index (χ1n) is 7.89. The third kappa shape index (κ3) is 4.09. The molecule has 116 valence electrons. The van der Waals surface area contributed by atoms with Crippen molar-refractivity contribution in [1.82, 2.24) is 0 Å². The number of ether oxygens (including phenoxy) is 1. The van der Waals surface area contributed by atoms with Crippen molar-refractivity contribution in [2.24, 2.45) is 5.92 Å². The SMILES string of the molecule is CC(C)(C)c1ccc(OCC(=O)C2CC2)c(C(C)(C)C)c1. The van der Waals surface area contributed by atoms with Crippen LogP contribution >= 0.6 is 0 Å². The molecule has 1 fully saturated rings. The van der Waals surface area contributed by atoms with Crippen LogP contribution in [-0.4, -0.2) is 12.4 Å². The molecule has 2 rings (SSSR count). The summed E-state index contributed by atoms with van der Waals surface area (Å²) < 4.78 is 5.84. The standard InChI is InChI=1S/C19H28O2/c1-18(2,3)14-9-10-17(15(11-14)19(4,5)6)21-12-16(20)13-7-8-13/h9-11,13H,7-8,12H2,1-6H3. The fourth-order valence-corrected chi connectivity index (χ4v) is 2.38. The van der Waals surface area contributed by atoms with Gasteiger partial charge in [0.05, 0.1) is 0 Å². The topological polar surface area (TPSA) is 26.3 Å². The van der Waals surface area contributed by atoms with Gasteiger partial charge in [-0.1, -0.05) is 53.7 Å². The molecule has 0 aromatic heterocycles. The predicted molar refractivity (Wildman–Crippen MR) is 87.1 cm³/mol. The fraction of sp³-hybridized carbons (Fsp3) is 0.632. The maximum Gasteiger partial charge on any atom is 0.173 e. The van der Waals surface area contributed by atoms with Gasteiger partial charge in [-0.25, -0.2) is 0 Å². The molecule has 2 nitrogen and oxygen atoms in total. The molecule has 1 saturated carbocycles. The number of Topliss-reactive ketones (excluding diaryl/α,β-unsaturated/α-hetero) is 1. The minimum absolute atomic E-state index is 0.000772. The molecule has 0 unspecified atom stereocenters. The first-order valence-corrected chi connectivity index (χ1v) is 7.89. The second kappa shape index (κ2) is 5.47. The van der Waals surface area contributed by atoms with Gasteiger partial charge in [0.25, 0.3) is 0 Å². The number of carbonyl (C=O) groups is 1. The van der Waals surface area contributed by atoms with Gasteiger partial charge in [-0.2, -0.15) is 0 Å². The zero-order chi connectivity index (χ0) is 15.8. The summed E-state index contributed by atoms with van der Waals surface area (Å²) in [6.07, 6.45) is 2.08. The molecule has 0 saturated heterocycles. The van der Waals surface area contributed by atoms with Gasteiger partial charge in [0.1, 0.15) is 12.4 Å². The maximum atomic E-state index is 11.8. The van der Waals surface area contributed by atoms with E-state index in [0.29, 0.717) is 0 Å². The Morgan fingerprint density at radius 3 is 2.19 bits per heavy atom. The fourth-order valence-electron chi connectivity index (χ4n) is 2.38. The van der Waals surface area contributed by atoms with Crippen molar-refractivity contribution in [3.8, 4) is 5.75 Å². The van der Waals surface area contributed by atoms with Crippen molar-refractivity contribution < 1.29 is 9.53 Å². The highest BCUT2D eigenvalue weighted by Crippen LogP contribution is 2.36. The summed E-state index contributed by atoms with van der Waals surface area (Å²) in [5, 5.41) is 0. The van der Waals surface area contributed by atoms with Crippen LogP contribution in [0, 0.1) is 5.92 Å². The Kier molecular flexibility index (Phi) is 4.19. The number of hydrogen-bond acceptors (Lipinski definition) is 2. The number of hydrogen-bond donors (Lipinski definition) is 0. The normalized spacial score (nSPS) is 15.9. The molecule has 0 spiro atoms. The molecule has 1 aliphatic rings. The molecular weight excluding hydrogens is 260 g/mol. The Balaban J connectivity index is 2.24. The third-order valence-corrected chi connectivity index (χ3v) is 4.06. The van der Waals surface area contributed by atoms with E-state index >= 15 is 0 Å². The largest absolute Gasteiger partial charge is 0.486 e. The van der Waals surface area contributed by atoms with Gasteiger partial charge in [0, 0.05) is 5.92 Å². The molecule has 2 heteroatoms. The van der Waals surface area contributed by atoms with Gasteiger partial charge in [0.2, 0.25) is 0 Å². The lowest BCUT2D eigenvalue weighted by Crippen LogP contribution is -2.19. The van der Waals surface area contributed by atoms with Gasteiger partial charge < -0.3 is 4.74 Å². The van der Waals surface area contributed by atoms with Crippen molar-refractivity contribution >= 4 is 5.78 Å². The minimum atomic E-state index is -0.000772. The zero-order valence-electron chi connectivity index (χ0n) is 14.2. The van der Waals surface area contributed by atoms with Crippen LogP contribution in [0.5, 0.6) is 5.75 Å². The van der Waals surface area contributed by atoms with Gasteiger partial charge >= 0.3 is 0 Å². The van der Waals surface area contributed by atoms with Crippen LogP contribution in [0.15, 0.2) is 18.2 Å². The average molecular weight is 288 g/mol. The quantitative estimate of drug-likeness (QED) is 0.806. The van der Waals surface area contributed by atoms with Crippen LogP contribution in [0.3, 0.4) is 0 Å². The lowest BCUT2D eigenvalue weighted by atomic mass is 9.80. The van der Waals surface area contributed by atoms with Crippen LogP contribution in [-0.2, 0) is 15.6 Å². The number of ketones is 1. The lowest BCUT2D eigenvalue weighted by Gasteiger charge is -2.27. The molecule has 21 heavy (non-hydrogen) atoms. The second-order valence-corrected chi connectivity index (χ2v) is 8.24. The Labute approximate surface area is 128 Å². The summed E-state index contributed by atoms with van der Waals surface area (Å²) in [7, 11) is 0. The van der Waals surface area contributed by atoms with E-state index in [1.54, 1.807) is 0 Å². The Bertz CT molecular complexity index is 525. The van der Waals surface area contributed by atoms with E-state index in [1.165, 1.54) is 11.1 Å². The second-order valence-electron chi connectivity index (χ2n) is 8.24. The molecule has 0 N–H and O–H groups in total. The van der Waals surface area contributed by atoms with E-state index in [1.807, 2.05) is 6.07 Å². The van der Waals surface area contributed by atoms with Crippen molar-refractivity contribution in [1.29, 1.82) is 0 Å². The maximum absolute atomic E-state index is 11.8. The molecule has 1 aromatic carbocycles. The minimum Gasteiger partial charge on any atom is -0.486 e. The summed E-state index contributed by atoms with van der Waals surface area (Å²) >= 11 is 0. The number of benzene rings is 1. The van der Waals surface area contributed by atoms with Crippen molar-refractivity contribution in [3.05, 3.63) is 29.3 Å². The van der Waals surface area contributed by atoms with Crippen molar-refractivity contribution in [2.75, 3.05) is 6.61 Å². The molecule has 0 bridgehead atoms. The molecule has 1 aromatic rings. The smallest absolute Gasteiger partial charge is 0.173 e. The van der Waals surface area contributed by atoms with Gasteiger partial charge in [-0.3, -0.25) is 4.79 Å². The Morgan fingerprint density at radius 1 is 1.10 bits per heavy atom. The lowest BCUT2D eigenvalue weighted by molar-refractivity contribution is -0.122. The zero-order valence-corrected chi connectivity index (χ0v) is 14.2. The molecule has 0 atom stereocenters. The summed E-state index contributed by atoms with van der Waals surface area (Å²) in [4.78, 5) is 11.8. The summed E-state index contributed by atoms with van der Waals surface area (Å²) in [5.41, 5.74) is 2.59. The van der Waals surface area contributed by atoms with Crippen molar-refractivity contribution in [2.45, 2.75) is 65.2 Å². The summed E-state index contributed by atoms with van der Waals surface area (Å²) in [5.74, 6) is 1.36. The predicted octanol–water partition coefficient (Wildman–Crippen LogP) is 4.64. The van der Waals surface area contributed by atoms with Crippen LogP contribution in [0.4, 0.5) is 0 Å². The molecule has 0 heterocycles. The molecule has 1 aliphatic carbocycles. The highest BCUT2D eigenvalue weighted by molar-refractivity contribution is 5.84. The Hall–Kier alpha value is -1.31. The first-order chi connectivity index (χ1) is 9.59. The molecular formula is C19H28O2. The van der Waals surface area contributed by atoms with Crippen LogP contribution < -0.4 is 4.74 Å². The summed E-state index contributed by atoms with van der Waals surface area (Å²) in [6.45, 7) is 13.4. The van der Waals surface area contributed by atoms with Gasteiger partial charge in [0.15, 0.2) is 5.78 Å². The third-order valence-electron chi connectivity index (χ3n) is 4.06. The van der Waals surface area contributed by atoms with E-state index in [2.05, 4.69) is 53.7 Å². The number of carbonyl (C=O) groups excluding carboxylic acids is 1. The van der Waals surface area contributed by atoms with Crippen LogP contribution in [0.1, 0.15) is 65.5 Å². The highest BCUT2D eigenvalue weighted by Gasteiger charge is 2.30. The molecule has 0 radical (unpaired) electrons.